The molecule has 0 saturated carbocycles. The molecule has 2 unspecified atom stereocenters. The Balaban J connectivity index is 2.08. The van der Waals surface area contributed by atoms with Gasteiger partial charge < -0.3 is 15.4 Å². The standard InChI is InChI=1S/C11H20N4OS/c1-8(16-2)10-13-11(17-14-10)15-7-3-4-9(15)5-6-12/h8-9H,3-7,12H2,1-2H3. The van der Waals surface area contributed by atoms with Crippen LogP contribution in [0.2, 0.25) is 0 Å². The van der Waals surface area contributed by atoms with Crippen molar-refractivity contribution in [2.24, 2.45) is 5.73 Å². The summed E-state index contributed by atoms with van der Waals surface area (Å²) in [7, 11) is 1.68. The van der Waals surface area contributed by atoms with Crippen molar-refractivity contribution >= 4 is 16.7 Å². The fourth-order valence-corrected chi connectivity index (χ4v) is 3.04. The number of ether oxygens (including phenoxy) is 1. The third-order valence-corrected chi connectivity index (χ3v) is 4.04. The highest BCUT2D eigenvalue weighted by atomic mass is 32.1. The van der Waals surface area contributed by atoms with Gasteiger partial charge in [0.15, 0.2) is 5.82 Å². The van der Waals surface area contributed by atoms with E-state index in [-0.39, 0.29) is 6.10 Å². The summed E-state index contributed by atoms with van der Waals surface area (Å²) in [5.74, 6) is 0.783. The molecule has 1 fully saturated rings. The van der Waals surface area contributed by atoms with Gasteiger partial charge in [-0.3, -0.25) is 0 Å². The first-order valence-corrected chi connectivity index (χ1v) is 6.86. The average molecular weight is 256 g/mol. The van der Waals surface area contributed by atoms with Gasteiger partial charge in [-0.05, 0) is 32.7 Å². The van der Waals surface area contributed by atoms with Gasteiger partial charge in [-0.15, -0.1) is 0 Å². The minimum absolute atomic E-state index is 0.0319. The van der Waals surface area contributed by atoms with Crippen LogP contribution in [-0.2, 0) is 4.74 Å². The van der Waals surface area contributed by atoms with Crippen molar-refractivity contribution in [3.05, 3.63) is 5.82 Å². The number of hydrogen-bond acceptors (Lipinski definition) is 6. The normalized spacial score (nSPS) is 22.1. The first kappa shape index (κ1) is 12.7. The Kier molecular flexibility index (Phi) is 4.31. The summed E-state index contributed by atoms with van der Waals surface area (Å²) in [4.78, 5) is 6.91. The maximum absolute atomic E-state index is 5.64. The fraction of sp³-hybridized carbons (Fsp3) is 0.818. The minimum atomic E-state index is -0.0319. The number of methoxy groups -OCH3 is 1. The van der Waals surface area contributed by atoms with Gasteiger partial charge in [-0.2, -0.15) is 4.37 Å². The molecule has 1 saturated heterocycles. The Morgan fingerprint density at radius 2 is 2.47 bits per heavy atom. The zero-order chi connectivity index (χ0) is 12.3. The summed E-state index contributed by atoms with van der Waals surface area (Å²) in [5, 5.41) is 1.01. The van der Waals surface area contributed by atoms with Gasteiger partial charge in [0.1, 0.15) is 6.10 Å². The smallest absolute Gasteiger partial charge is 0.205 e. The van der Waals surface area contributed by atoms with Crippen LogP contribution in [0.3, 0.4) is 0 Å². The van der Waals surface area contributed by atoms with Crippen molar-refractivity contribution < 1.29 is 4.74 Å². The van der Waals surface area contributed by atoms with Crippen molar-refractivity contribution in [1.29, 1.82) is 0 Å². The monoisotopic (exact) mass is 256 g/mol. The maximum Gasteiger partial charge on any atom is 0.205 e. The summed E-state index contributed by atoms with van der Waals surface area (Å²) >= 11 is 1.46. The largest absolute Gasteiger partial charge is 0.374 e. The van der Waals surface area contributed by atoms with Crippen molar-refractivity contribution in [3.8, 4) is 0 Å². The van der Waals surface area contributed by atoms with Gasteiger partial charge in [-0.25, -0.2) is 4.98 Å². The van der Waals surface area contributed by atoms with E-state index >= 15 is 0 Å². The predicted octanol–water partition coefficient (Wildman–Crippen LogP) is 1.56. The van der Waals surface area contributed by atoms with E-state index in [2.05, 4.69) is 14.3 Å². The SMILES string of the molecule is COC(C)c1nsc(N2CCCC2CCN)n1. The van der Waals surface area contributed by atoms with E-state index in [1.54, 1.807) is 7.11 Å². The average Bonchev–Trinajstić information content (AvgIpc) is 2.96. The van der Waals surface area contributed by atoms with Gasteiger partial charge in [0.2, 0.25) is 5.13 Å². The third-order valence-electron chi connectivity index (χ3n) is 3.27. The lowest BCUT2D eigenvalue weighted by atomic mass is 10.1. The molecule has 2 rings (SSSR count). The van der Waals surface area contributed by atoms with Crippen LogP contribution >= 0.6 is 11.5 Å². The van der Waals surface area contributed by atoms with Crippen molar-refractivity contribution in [1.82, 2.24) is 9.36 Å². The van der Waals surface area contributed by atoms with Crippen LogP contribution in [-0.4, -0.2) is 35.6 Å². The quantitative estimate of drug-likeness (QED) is 0.866. The van der Waals surface area contributed by atoms with E-state index in [1.165, 1.54) is 24.4 Å². The lowest BCUT2D eigenvalue weighted by molar-refractivity contribution is 0.113. The molecular formula is C11H20N4OS. The number of rotatable bonds is 5. The van der Waals surface area contributed by atoms with E-state index in [9.17, 15) is 0 Å². The van der Waals surface area contributed by atoms with Crippen LogP contribution in [0.5, 0.6) is 0 Å². The summed E-state index contributed by atoms with van der Waals surface area (Å²) < 4.78 is 9.59. The van der Waals surface area contributed by atoms with Crippen LogP contribution in [0.15, 0.2) is 0 Å². The molecule has 6 heteroatoms. The van der Waals surface area contributed by atoms with E-state index in [0.29, 0.717) is 6.04 Å². The molecule has 2 N–H and O–H groups in total. The lowest BCUT2D eigenvalue weighted by Gasteiger charge is -2.22. The van der Waals surface area contributed by atoms with Crippen molar-refractivity contribution in [2.75, 3.05) is 25.1 Å². The predicted molar refractivity (Wildman–Crippen MR) is 69.4 cm³/mol. The molecule has 96 valence electrons. The third kappa shape index (κ3) is 2.75. The molecule has 1 aliphatic heterocycles. The zero-order valence-electron chi connectivity index (χ0n) is 10.4. The molecule has 1 aromatic rings. The van der Waals surface area contributed by atoms with E-state index in [4.69, 9.17) is 10.5 Å². The molecule has 1 aromatic heterocycles. The second-order valence-electron chi connectivity index (χ2n) is 4.38. The zero-order valence-corrected chi connectivity index (χ0v) is 11.2. The second kappa shape index (κ2) is 5.75. The highest BCUT2D eigenvalue weighted by Crippen LogP contribution is 2.29. The number of anilines is 1. The number of hydrogen-bond donors (Lipinski definition) is 1. The van der Waals surface area contributed by atoms with E-state index in [0.717, 1.165) is 30.5 Å². The Hall–Kier alpha value is -0.720. The van der Waals surface area contributed by atoms with Gasteiger partial charge in [0.25, 0.3) is 0 Å². The van der Waals surface area contributed by atoms with Crippen LogP contribution in [0.4, 0.5) is 5.13 Å². The molecule has 0 amide bonds. The number of nitrogens with two attached hydrogens (primary N) is 1. The first-order valence-electron chi connectivity index (χ1n) is 6.09. The van der Waals surface area contributed by atoms with Gasteiger partial charge >= 0.3 is 0 Å². The summed E-state index contributed by atoms with van der Waals surface area (Å²) in [5.41, 5.74) is 5.64. The maximum atomic E-state index is 5.64. The highest BCUT2D eigenvalue weighted by Gasteiger charge is 2.27. The van der Waals surface area contributed by atoms with E-state index in [1.807, 2.05) is 6.92 Å². The second-order valence-corrected chi connectivity index (χ2v) is 5.11. The number of nitrogens with zero attached hydrogens (tertiary/aromatic N) is 3. The summed E-state index contributed by atoms with van der Waals surface area (Å²) in [6, 6.07) is 0.540. The number of aromatic nitrogens is 2. The molecule has 1 aliphatic rings. The Labute approximate surface area is 106 Å². The molecule has 0 spiro atoms. The molecule has 2 atom stereocenters. The summed E-state index contributed by atoms with van der Waals surface area (Å²) in [6.45, 7) is 3.77. The molecular weight excluding hydrogens is 236 g/mol. The molecule has 2 heterocycles. The lowest BCUT2D eigenvalue weighted by Crippen LogP contribution is -2.31. The van der Waals surface area contributed by atoms with Gasteiger partial charge in [0, 0.05) is 31.2 Å². The van der Waals surface area contributed by atoms with Gasteiger partial charge in [0.05, 0.1) is 0 Å². The van der Waals surface area contributed by atoms with Crippen molar-refractivity contribution in [2.45, 2.75) is 38.3 Å². The van der Waals surface area contributed by atoms with Crippen molar-refractivity contribution in [3.63, 3.8) is 0 Å². The Morgan fingerprint density at radius 3 is 3.18 bits per heavy atom. The first-order chi connectivity index (χ1) is 8.26. The van der Waals surface area contributed by atoms with Crippen LogP contribution in [0.1, 0.15) is 38.1 Å². The molecule has 0 radical (unpaired) electrons. The van der Waals surface area contributed by atoms with E-state index < -0.39 is 0 Å². The minimum Gasteiger partial charge on any atom is -0.374 e. The summed E-state index contributed by atoms with van der Waals surface area (Å²) in [6.07, 6.45) is 3.44. The molecule has 0 aliphatic carbocycles. The molecule has 5 nitrogen and oxygen atoms in total. The van der Waals surface area contributed by atoms with Crippen LogP contribution < -0.4 is 10.6 Å². The Bertz CT molecular complexity index is 357. The van der Waals surface area contributed by atoms with Gasteiger partial charge in [-0.1, -0.05) is 0 Å². The molecule has 0 aromatic carbocycles. The topological polar surface area (TPSA) is 64.3 Å². The highest BCUT2D eigenvalue weighted by molar-refractivity contribution is 7.09. The van der Waals surface area contributed by atoms with Crippen LogP contribution in [0.25, 0.3) is 0 Å². The molecule has 0 bridgehead atoms. The Morgan fingerprint density at radius 1 is 1.65 bits per heavy atom. The van der Waals surface area contributed by atoms with Crippen LogP contribution in [0, 0.1) is 0 Å². The molecule has 17 heavy (non-hydrogen) atoms. The fourth-order valence-electron chi connectivity index (χ4n) is 2.19.